The van der Waals surface area contributed by atoms with Crippen molar-refractivity contribution < 1.29 is 9.53 Å². The van der Waals surface area contributed by atoms with Gasteiger partial charge in [-0.05, 0) is 37.5 Å². The molecule has 0 spiro atoms. The summed E-state index contributed by atoms with van der Waals surface area (Å²) in [5.41, 5.74) is 4.27. The highest BCUT2D eigenvalue weighted by Gasteiger charge is 2.09. The van der Waals surface area contributed by atoms with Crippen LogP contribution in [0.5, 0.6) is 5.88 Å². The van der Waals surface area contributed by atoms with E-state index in [2.05, 4.69) is 35.4 Å². The highest BCUT2D eigenvalue weighted by Crippen LogP contribution is 2.15. The Morgan fingerprint density at radius 2 is 2.04 bits per heavy atom. The summed E-state index contributed by atoms with van der Waals surface area (Å²) in [6, 6.07) is 9.95. The lowest BCUT2D eigenvalue weighted by molar-refractivity contribution is -0.120. The van der Waals surface area contributed by atoms with Gasteiger partial charge < -0.3 is 10.1 Å². The lowest BCUT2D eigenvalue weighted by Crippen LogP contribution is -2.25. The van der Waals surface area contributed by atoms with E-state index in [1.807, 2.05) is 26.0 Å². The van der Waals surface area contributed by atoms with Crippen LogP contribution in [0.2, 0.25) is 0 Å². The molecule has 122 valence electrons. The second-order valence-electron chi connectivity index (χ2n) is 5.70. The van der Waals surface area contributed by atoms with Crippen LogP contribution >= 0.6 is 0 Å². The number of benzene rings is 1. The molecule has 2 rings (SSSR count). The Hall–Kier alpha value is -2.36. The van der Waals surface area contributed by atoms with Crippen molar-refractivity contribution in [3.05, 3.63) is 58.8 Å². The van der Waals surface area contributed by atoms with E-state index >= 15 is 0 Å². The normalized spacial score (nSPS) is 10.4. The molecule has 0 fully saturated rings. The number of ether oxygens (including phenoxy) is 1. The van der Waals surface area contributed by atoms with Gasteiger partial charge in [-0.15, -0.1) is 0 Å². The predicted octanol–water partition coefficient (Wildman–Crippen LogP) is 3.35. The van der Waals surface area contributed by atoms with Crippen LogP contribution in [0.3, 0.4) is 0 Å². The molecular weight excluding hydrogens is 288 g/mol. The van der Waals surface area contributed by atoms with Gasteiger partial charge in [0.15, 0.2) is 0 Å². The maximum Gasteiger partial charge on any atom is 0.224 e. The highest BCUT2D eigenvalue weighted by molar-refractivity contribution is 5.79. The van der Waals surface area contributed by atoms with Gasteiger partial charge in [-0.3, -0.25) is 4.79 Å². The van der Waals surface area contributed by atoms with E-state index in [0.29, 0.717) is 25.5 Å². The smallest absolute Gasteiger partial charge is 0.224 e. The van der Waals surface area contributed by atoms with E-state index in [-0.39, 0.29) is 5.91 Å². The number of nitrogens with one attached hydrogen (secondary N) is 1. The summed E-state index contributed by atoms with van der Waals surface area (Å²) in [6.07, 6.45) is 3.01. The number of carbonyl (C=O) groups excluding carboxylic acids is 1. The van der Waals surface area contributed by atoms with Gasteiger partial charge in [0, 0.05) is 18.3 Å². The Bertz CT molecular complexity index is 668. The third-order valence-electron chi connectivity index (χ3n) is 3.62. The average Bonchev–Trinajstić information content (AvgIpc) is 2.55. The van der Waals surface area contributed by atoms with E-state index in [1.165, 1.54) is 5.56 Å². The van der Waals surface area contributed by atoms with E-state index in [0.717, 1.165) is 23.1 Å². The van der Waals surface area contributed by atoms with Crippen LogP contribution in [0.15, 0.2) is 36.5 Å². The summed E-state index contributed by atoms with van der Waals surface area (Å²) >= 11 is 0. The maximum atomic E-state index is 12.2. The summed E-state index contributed by atoms with van der Waals surface area (Å²) in [5, 5.41) is 2.95. The fraction of sp³-hybridized carbons (Fsp3) is 0.368. The zero-order valence-corrected chi connectivity index (χ0v) is 14.1. The zero-order valence-electron chi connectivity index (χ0n) is 14.1. The van der Waals surface area contributed by atoms with Gasteiger partial charge in [0.05, 0.1) is 13.0 Å². The van der Waals surface area contributed by atoms with E-state index in [9.17, 15) is 4.79 Å². The molecule has 1 N–H and O–H groups in total. The predicted molar refractivity (Wildman–Crippen MR) is 91.5 cm³/mol. The minimum Gasteiger partial charge on any atom is -0.477 e. The molecule has 0 aliphatic rings. The molecule has 1 aromatic carbocycles. The van der Waals surface area contributed by atoms with Gasteiger partial charge in [-0.2, -0.15) is 0 Å². The zero-order chi connectivity index (χ0) is 16.7. The number of pyridine rings is 1. The van der Waals surface area contributed by atoms with Crippen LogP contribution < -0.4 is 10.1 Å². The second-order valence-corrected chi connectivity index (χ2v) is 5.70. The van der Waals surface area contributed by atoms with Crippen molar-refractivity contribution in [1.29, 1.82) is 0 Å². The Balaban J connectivity index is 1.95. The molecule has 4 heteroatoms. The number of nitrogens with zero attached hydrogens (tertiary/aromatic N) is 1. The van der Waals surface area contributed by atoms with Gasteiger partial charge in [0.2, 0.25) is 11.8 Å². The van der Waals surface area contributed by atoms with Crippen molar-refractivity contribution in [1.82, 2.24) is 10.3 Å². The molecule has 1 heterocycles. The first-order chi connectivity index (χ1) is 11.1. The Morgan fingerprint density at radius 1 is 1.22 bits per heavy atom. The fourth-order valence-electron chi connectivity index (χ4n) is 2.31. The highest BCUT2D eigenvalue weighted by atomic mass is 16.5. The van der Waals surface area contributed by atoms with Crippen LogP contribution in [0.25, 0.3) is 0 Å². The monoisotopic (exact) mass is 312 g/mol. The van der Waals surface area contributed by atoms with Crippen molar-refractivity contribution in [3.8, 4) is 5.88 Å². The van der Waals surface area contributed by atoms with Crippen LogP contribution in [-0.4, -0.2) is 17.5 Å². The molecule has 0 aliphatic carbocycles. The third kappa shape index (κ3) is 5.09. The fourth-order valence-corrected chi connectivity index (χ4v) is 2.31. The molecule has 0 saturated carbocycles. The minimum atomic E-state index is 0.00370. The molecule has 1 amide bonds. The van der Waals surface area contributed by atoms with Crippen molar-refractivity contribution >= 4 is 5.91 Å². The molecule has 23 heavy (non-hydrogen) atoms. The number of amides is 1. The third-order valence-corrected chi connectivity index (χ3v) is 3.62. The molecule has 0 radical (unpaired) electrons. The minimum absolute atomic E-state index is 0.00370. The number of aryl methyl sites for hydroxylation is 2. The average molecular weight is 312 g/mol. The number of hydrogen-bond donors (Lipinski definition) is 1. The van der Waals surface area contributed by atoms with E-state index < -0.39 is 0 Å². The number of hydrogen-bond acceptors (Lipinski definition) is 3. The van der Waals surface area contributed by atoms with Gasteiger partial charge >= 0.3 is 0 Å². The summed E-state index contributed by atoms with van der Waals surface area (Å²) in [5.74, 6) is 0.602. The van der Waals surface area contributed by atoms with Gasteiger partial charge in [0.25, 0.3) is 0 Å². The van der Waals surface area contributed by atoms with Crippen LogP contribution in [-0.2, 0) is 17.8 Å². The second kappa shape index (κ2) is 8.32. The number of rotatable bonds is 7. The number of aromatic nitrogens is 1. The first kappa shape index (κ1) is 17.0. The lowest BCUT2D eigenvalue weighted by Gasteiger charge is -2.11. The van der Waals surface area contributed by atoms with E-state index in [1.54, 1.807) is 6.20 Å². The summed E-state index contributed by atoms with van der Waals surface area (Å²) < 4.78 is 5.61. The first-order valence-corrected chi connectivity index (χ1v) is 7.99. The Kier molecular flexibility index (Phi) is 6.15. The molecule has 2 aromatic rings. The Morgan fingerprint density at radius 3 is 2.83 bits per heavy atom. The van der Waals surface area contributed by atoms with Crippen molar-refractivity contribution in [2.75, 3.05) is 6.61 Å². The molecule has 4 nitrogen and oxygen atoms in total. The molecule has 0 bridgehead atoms. The van der Waals surface area contributed by atoms with Gasteiger partial charge in [0.1, 0.15) is 0 Å². The molecule has 0 atom stereocenters. The van der Waals surface area contributed by atoms with Crippen LogP contribution in [0.4, 0.5) is 0 Å². The van der Waals surface area contributed by atoms with Crippen LogP contribution in [0.1, 0.15) is 35.6 Å². The maximum absolute atomic E-state index is 12.2. The Labute approximate surface area is 137 Å². The number of carbonyl (C=O) groups is 1. The van der Waals surface area contributed by atoms with Gasteiger partial charge in [-0.25, -0.2) is 4.98 Å². The standard InChI is InChI=1S/C19H24N2O2/c1-4-10-23-19-16(6-5-9-20-19)13-21-18(22)12-17-11-14(2)7-8-15(17)3/h5-9,11H,4,10,12-13H2,1-3H3,(H,21,22). The lowest BCUT2D eigenvalue weighted by atomic mass is 10.0. The quantitative estimate of drug-likeness (QED) is 0.853. The molecule has 1 aromatic heterocycles. The topological polar surface area (TPSA) is 51.2 Å². The summed E-state index contributed by atoms with van der Waals surface area (Å²) in [6.45, 7) is 7.17. The SMILES string of the molecule is CCCOc1ncccc1CNC(=O)Cc1cc(C)ccc1C. The summed E-state index contributed by atoms with van der Waals surface area (Å²) in [7, 11) is 0. The molecule has 0 unspecified atom stereocenters. The van der Waals surface area contributed by atoms with E-state index in [4.69, 9.17) is 4.74 Å². The first-order valence-electron chi connectivity index (χ1n) is 7.99. The largest absolute Gasteiger partial charge is 0.477 e. The van der Waals surface area contributed by atoms with Crippen molar-refractivity contribution in [2.45, 2.75) is 40.2 Å². The summed E-state index contributed by atoms with van der Waals surface area (Å²) in [4.78, 5) is 16.4. The molecule has 0 saturated heterocycles. The molecule has 0 aliphatic heterocycles. The van der Waals surface area contributed by atoms with Crippen molar-refractivity contribution in [3.63, 3.8) is 0 Å². The van der Waals surface area contributed by atoms with Gasteiger partial charge in [-0.1, -0.05) is 36.8 Å². The van der Waals surface area contributed by atoms with Crippen LogP contribution in [0, 0.1) is 13.8 Å². The van der Waals surface area contributed by atoms with Crippen molar-refractivity contribution in [2.24, 2.45) is 0 Å². The molecular formula is C19H24N2O2.